The van der Waals surface area contributed by atoms with Gasteiger partial charge in [-0.2, -0.15) is 5.26 Å². The zero-order valence-electron chi connectivity index (χ0n) is 11.7. The predicted octanol–water partition coefficient (Wildman–Crippen LogP) is 3.80. The molecule has 3 heteroatoms. The van der Waals surface area contributed by atoms with Crippen molar-refractivity contribution >= 4 is 0 Å². The summed E-state index contributed by atoms with van der Waals surface area (Å²) in [5.74, 6) is -0.522. The molecule has 1 fully saturated rings. The molecule has 0 aromatic carbocycles. The summed E-state index contributed by atoms with van der Waals surface area (Å²) in [5.41, 5.74) is 0. The average Bonchev–Trinajstić information content (AvgIpc) is 2.38. The Morgan fingerprint density at radius 3 is 2.89 bits per heavy atom. The van der Waals surface area contributed by atoms with E-state index in [2.05, 4.69) is 12.6 Å². The van der Waals surface area contributed by atoms with E-state index in [1.54, 1.807) is 7.11 Å². The molecular weight excluding hydrogens is 226 g/mol. The molecule has 0 aromatic heterocycles. The molecule has 0 N–H and O–H groups in total. The Kier molecular flexibility index (Phi) is 6.38. The number of rotatable bonds is 7. The highest BCUT2D eigenvalue weighted by atomic mass is 16.7. The van der Waals surface area contributed by atoms with Gasteiger partial charge in [0.1, 0.15) is 0 Å². The highest BCUT2D eigenvalue weighted by Crippen LogP contribution is 2.34. The van der Waals surface area contributed by atoms with Crippen molar-refractivity contribution in [3.05, 3.63) is 12.7 Å². The van der Waals surface area contributed by atoms with Crippen LogP contribution in [0.1, 0.15) is 51.9 Å². The first-order chi connectivity index (χ1) is 8.63. The van der Waals surface area contributed by atoms with Crippen molar-refractivity contribution in [3.8, 4) is 6.07 Å². The third-order valence-electron chi connectivity index (χ3n) is 3.63. The fourth-order valence-electron chi connectivity index (χ4n) is 2.54. The zero-order chi connectivity index (χ0) is 13.4. The summed E-state index contributed by atoms with van der Waals surface area (Å²) in [6.45, 7) is 5.65. The molecule has 0 aliphatic carbocycles. The highest BCUT2D eigenvalue weighted by Gasteiger charge is 2.38. The molecule has 3 nitrogen and oxygen atoms in total. The Morgan fingerprint density at radius 2 is 2.28 bits per heavy atom. The third kappa shape index (κ3) is 4.80. The lowest BCUT2D eigenvalue weighted by atomic mass is 9.89. The van der Waals surface area contributed by atoms with Crippen molar-refractivity contribution in [2.45, 2.75) is 63.8 Å². The molecule has 1 saturated heterocycles. The smallest absolute Gasteiger partial charge is 0.166 e. The molecule has 0 bridgehead atoms. The van der Waals surface area contributed by atoms with Crippen LogP contribution in [-0.4, -0.2) is 19.0 Å². The van der Waals surface area contributed by atoms with Gasteiger partial charge in [-0.05, 0) is 32.6 Å². The number of nitrogens with zero attached hydrogens (tertiary/aromatic N) is 1. The molecule has 0 radical (unpaired) electrons. The lowest BCUT2D eigenvalue weighted by molar-refractivity contribution is -0.264. The maximum Gasteiger partial charge on any atom is 0.166 e. The Labute approximate surface area is 111 Å². The first-order valence-electron chi connectivity index (χ1n) is 6.87. The molecule has 1 heterocycles. The highest BCUT2D eigenvalue weighted by molar-refractivity contribution is 4.92. The molecule has 0 saturated carbocycles. The van der Waals surface area contributed by atoms with E-state index in [1.807, 2.05) is 13.0 Å². The second-order valence-corrected chi connectivity index (χ2v) is 5.27. The summed E-state index contributed by atoms with van der Waals surface area (Å²) >= 11 is 0. The number of hydrogen-bond donors (Lipinski definition) is 0. The van der Waals surface area contributed by atoms with Crippen LogP contribution in [-0.2, 0) is 9.47 Å². The summed E-state index contributed by atoms with van der Waals surface area (Å²) in [4.78, 5) is 0. The second-order valence-electron chi connectivity index (χ2n) is 5.27. The molecule has 0 amide bonds. The Bertz CT molecular complexity index is 297. The summed E-state index contributed by atoms with van der Waals surface area (Å²) < 4.78 is 11.4. The minimum absolute atomic E-state index is 0.0573. The molecule has 3 atom stereocenters. The molecule has 0 unspecified atom stereocenters. The van der Waals surface area contributed by atoms with Crippen molar-refractivity contribution in [1.82, 2.24) is 0 Å². The molecular formula is C15H25NO2. The van der Waals surface area contributed by atoms with E-state index in [1.165, 1.54) is 12.8 Å². The maximum atomic E-state index is 9.11. The van der Waals surface area contributed by atoms with Gasteiger partial charge in [-0.1, -0.05) is 18.9 Å². The van der Waals surface area contributed by atoms with Gasteiger partial charge < -0.3 is 9.47 Å². The first kappa shape index (κ1) is 15.2. The molecule has 1 rings (SSSR count). The lowest BCUT2D eigenvalue weighted by Crippen LogP contribution is -2.43. The van der Waals surface area contributed by atoms with Crippen molar-refractivity contribution < 1.29 is 9.47 Å². The number of nitriles is 1. The van der Waals surface area contributed by atoms with Crippen LogP contribution in [0, 0.1) is 17.2 Å². The minimum Gasteiger partial charge on any atom is -0.353 e. The van der Waals surface area contributed by atoms with Crippen molar-refractivity contribution in [2.24, 2.45) is 5.92 Å². The molecule has 0 aromatic rings. The van der Waals surface area contributed by atoms with E-state index in [4.69, 9.17) is 14.7 Å². The molecule has 0 spiro atoms. The van der Waals surface area contributed by atoms with Crippen LogP contribution in [0.4, 0.5) is 0 Å². The van der Waals surface area contributed by atoms with Crippen LogP contribution in [0.15, 0.2) is 12.7 Å². The van der Waals surface area contributed by atoms with Gasteiger partial charge in [-0.3, -0.25) is 0 Å². The number of hydrogen-bond acceptors (Lipinski definition) is 3. The monoisotopic (exact) mass is 251 g/mol. The van der Waals surface area contributed by atoms with Crippen LogP contribution in [0.5, 0.6) is 0 Å². The van der Waals surface area contributed by atoms with Gasteiger partial charge in [-0.15, -0.1) is 6.58 Å². The van der Waals surface area contributed by atoms with E-state index in [0.717, 1.165) is 25.7 Å². The Balaban J connectivity index is 2.35. The van der Waals surface area contributed by atoms with Gasteiger partial charge in [-0.25, -0.2) is 0 Å². The lowest BCUT2D eigenvalue weighted by Gasteiger charge is -2.39. The Morgan fingerprint density at radius 1 is 1.50 bits per heavy atom. The number of unbranched alkanes of at least 4 members (excludes halogenated alkanes) is 3. The maximum absolute atomic E-state index is 9.11. The largest absolute Gasteiger partial charge is 0.353 e. The predicted molar refractivity (Wildman–Crippen MR) is 71.9 cm³/mol. The van der Waals surface area contributed by atoms with Crippen molar-refractivity contribution in [2.75, 3.05) is 7.11 Å². The second kappa shape index (κ2) is 7.56. The Hall–Kier alpha value is -0.850. The van der Waals surface area contributed by atoms with E-state index in [9.17, 15) is 0 Å². The summed E-state index contributed by atoms with van der Waals surface area (Å²) in [5, 5.41) is 9.11. The van der Waals surface area contributed by atoms with Gasteiger partial charge in [0, 0.05) is 13.5 Å². The minimum atomic E-state index is -0.579. The zero-order valence-corrected chi connectivity index (χ0v) is 11.7. The van der Waals surface area contributed by atoms with Gasteiger partial charge in [0.25, 0.3) is 0 Å². The number of allylic oxidation sites excluding steroid dienone is 1. The molecule has 1 aliphatic rings. The fraction of sp³-hybridized carbons (Fsp3) is 0.800. The van der Waals surface area contributed by atoms with Crippen molar-refractivity contribution in [3.63, 3.8) is 0 Å². The van der Waals surface area contributed by atoms with Gasteiger partial charge in [0.15, 0.2) is 5.79 Å². The van der Waals surface area contributed by atoms with E-state index in [-0.39, 0.29) is 12.0 Å². The standard InChI is InChI=1S/C15H25NO2/c1-4-5-6-7-8-9-14-10-13(12-16)11-15(2,17-3)18-14/h4,13-14H,1,5-11H2,2-3H3/t13-,14+,15-/m1/s1. The van der Waals surface area contributed by atoms with Crippen LogP contribution >= 0.6 is 0 Å². The molecule has 18 heavy (non-hydrogen) atoms. The fourth-order valence-corrected chi connectivity index (χ4v) is 2.54. The van der Waals surface area contributed by atoms with Crippen LogP contribution in [0.2, 0.25) is 0 Å². The van der Waals surface area contributed by atoms with Crippen molar-refractivity contribution in [1.29, 1.82) is 5.26 Å². The third-order valence-corrected chi connectivity index (χ3v) is 3.63. The summed E-state index contributed by atoms with van der Waals surface area (Å²) in [7, 11) is 1.65. The SMILES string of the molecule is C=CCCCCC[C@H]1C[C@@H](C#N)C[C@](C)(OC)O1. The van der Waals surface area contributed by atoms with Crippen LogP contribution in [0.25, 0.3) is 0 Å². The first-order valence-corrected chi connectivity index (χ1v) is 6.87. The van der Waals surface area contributed by atoms with Crippen LogP contribution in [0.3, 0.4) is 0 Å². The van der Waals surface area contributed by atoms with E-state index < -0.39 is 5.79 Å². The van der Waals surface area contributed by atoms with E-state index >= 15 is 0 Å². The number of methoxy groups -OCH3 is 1. The topological polar surface area (TPSA) is 42.2 Å². The van der Waals surface area contributed by atoms with Crippen LogP contribution < -0.4 is 0 Å². The molecule has 1 aliphatic heterocycles. The normalized spacial score (nSPS) is 31.8. The summed E-state index contributed by atoms with van der Waals surface area (Å²) in [6.07, 6.45) is 9.30. The van der Waals surface area contributed by atoms with Gasteiger partial charge in [0.05, 0.1) is 18.1 Å². The average molecular weight is 251 g/mol. The molecule has 102 valence electrons. The quantitative estimate of drug-likeness (QED) is 0.510. The van der Waals surface area contributed by atoms with Gasteiger partial charge >= 0.3 is 0 Å². The van der Waals surface area contributed by atoms with Gasteiger partial charge in [0.2, 0.25) is 0 Å². The van der Waals surface area contributed by atoms with E-state index in [0.29, 0.717) is 6.42 Å². The number of ether oxygens (including phenoxy) is 2. The summed E-state index contributed by atoms with van der Waals surface area (Å²) in [6, 6.07) is 2.36.